The maximum atomic E-state index is 4.62. The van der Waals surface area contributed by atoms with Crippen molar-refractivity contribution in [3.05, 3.63) is 33.8 Å². The molecule has 0 saturated carbocycles. The maximum absolute atomic E-state index is 4.62. The number of hydrogen-bond acceptors (Lipinski definition) is 5. The second-order valence-electron chi connectivity index (χ2n) is 5.83. The third-order valence-electron chi connectivity index (χ3n) is 2.89. The number of anilines is 2. The van der Waals surface area contributed by atoms with Gasteiger partial charge in [-0.2, -0.15) is 0 Å². The highest BCUT2D eigenvalue weighted by atomic mass is 32.1. The summed E-state index contributed by atoms with van der Waals surface area (Å²) in [6.45, 7) is 9.27. The molecule has 0 aliphatic heterocycles. The predicted molar refractivity (Wildman–Crippen MR) is 86.7 cm³/mol. The van der Waals surface area contributed by atoms with Crippen molar-refractivity contribution in [1.82, 2.24) is 9.97 Å². The smallest absolute Gasteiger partial charge is 0.138 e. The molecule has 2 rings (SSSR count). The SMILES string of the molecule is CNc1cc(NCc2ccc(C)s2)nc(C(C)(C)C)n1. The molecule has 0 atom stereocenters. The molecule has 0 saturated heterocycles. The summed E-state index contributed by atoms with van der Waals surface area (Å²) in [5, 5.41) is 6.47. The molecule has 108 valence electrons. The number of nitrogens with zero attached hydrogens (tertiary/aromatic N) is 2. The number of thiophene rings is 1. The third kappa shape index (κ3) is 3.70. The van der Waals surface area contributed by atoms with Crippen LogP contribution >= 0.6 is 11.3 Å². The summed E-state index contributed by atoms with van der Waals surface area (Å²) in [6.07, 6.45) is 0. The summed E-state index contributed by atoms with van der Waals surface area (Å²) < 4.78 is 0. The van der Waals surface area contributed by atoms with Gasteiger partial charge in [0.2, 0.25) is 0 Å². The Hall–Kier alpha value is -1.62. The van der Waals surface area contributed by atoms with Crippen molar-refractivity contribution in [2.24, 2.45) is 0 Å². The van der Waals surface area contributed by atoms with Crippen LogP contribution in [0.25, 0.3) is 0 Å². The Balaban J connectivity index is 2.18. The summed E-state index contributed by atoms with van der Waals surface area (Å²) in [6, 6.07) is 6.23. The van der Waals surface area contributed by atoms with Crippen LogP contribution in [-0.4, -0.2) is 17.0 Å². The largest absolute Gasteiger partial charge is 0.373 e. The Kier molecular flexibility index (Phi) is 4.28. The topological polar surface area (TPSA) is 49.8 Å². The van der Waals surface area contributed by atoms with Gasteiger partial charge < -0.3 is 10.6 Å². The highest BCUT2D eigenvalue weighted by molar-refractivity contribution is 7.11. The molecule has 2 N–H and O–H groups in total. The van der Waals surface area contributed by atoms with Gasteiger partial charge in [-0.1, -0.05) is 20.8 Å². The van der Waals surface area contributed by atoms with E-state index in [2.05, 4.69) is 60.4 Å². The minimum atomic E-state index is -0.0667. The van der Waals surface area contributed by atoms with Crippen LogP contribution < -0.4 is 10.6 Å². The Bertz CT molecular complexity index is 584. The van der Waals surface area contributed by atoms with Crippen LogP contribution in [0.3, 0.4) is 0 Å². The predicted octanol–water partition coefficient (Wildman–Crippen LogP) is 3.80. The lowest BCUT2D eigenvalue weighted by Crippen LogP contribution is -2.18. The third-order valence-corrected chi connectivity index (χ3v) is 3.89. The first-order chi connectivity index (χ1) is 9.38. The van der Waals surface area contributed by atoms with Gasteiger partial charge in [-0.25, -0.2) is 9.97 Å². The average molecular weight is 290 g/mol. The quantitative estimate of drug-likeness (QED) is 0.899. The molecule has 5 heteroatoms. The van der Waals surface area contributed by atoms with Gasteiger partial charge in [0, 0.05) is 28.3 Å². The van der Waals surface area contributed by atoms with Crippen LogP contribution in [0.4, 0.5) is 11.6 Å². The molecular formula is C15H22N4S. The van der Waals surface area contributed by atoms with E-state index in [0.717, 1.165) is 24.0 Å². The first-order valence-corrected chi connectivity index (χ1v) is 7.56. The number of aromatic nitrogens is 2. The Morgan fingerprint density at radius 3 is 2.40 bits per heavy atom. The summed E-state index contributed by atoms with van der Waals surface area (Å²) in [5.74, 6) is 2.55. The molecule has 0 radical (unpaired) electrons. The van der Waals surface area contributed by atoms with Gasteiger partial charge in [0.1, 0.15) is 17.5 Å². The zero-order valence-corrected chi connectivity index (χ0v) is 13.6. The van der Waals surface area contributed by atoms with E-state index >= 15 is 0 Å². The van der Waals surface area contributed by atoms with E-state index in [9.17, 15) is 0 Å². The molecule has 20 heavy (non-hydrogen) atoms. The van der Waals surface area contributed by atoms with E-state index in [1.807, 2.05) is 13.1 Å². The zero-order chi connectivity index (χ0) is 14.8. The first kappa shape index (κ1) is 14.8. The summed E-state index contributed by atoms with van der Waals surface area (Å²) in [7, 11) is 1.88. The Morgan fingerprint density at radius 1 is 1.15 bits per heavy atom. The molecule has 0 amide bonds. The Labute approximate surface area is 124 Å². The molecule has 0 unspecified atom stereocenters. The minimum Gasteiger partial charge on any atom is -0.373 e. The molecule has 0 aliphatic rings. The molecule has 0 fully saturated rings. The lowest BCUT2D eigenvalue weighted by atomic mass is 9.96. The molecule has 2 aromatic heterocycles. The van der Waals surface area contributed by atoms with Crippen LogP contribution in [0.15, 0.2) is 18.2 Å². The summed E-state index contributed by atoms with van der Waals surface area (Å²) >= 11 is 1.81. The van der Waals surface area contributed by atoms with E-state index in [4.69, 9.17) is 0 Å². The molecular weight excluding hydrogens is 268 g/mol. The van der Waals surface area contributed by atoms with Crippen LogP contribution in [0.1, 0.15) is 36.3 Å². The molecule has 0 spiro atoms. The van der Waals surface area contributed by atoms with Crippen LogP contribution in [0.2, 0.25) is 0 Å². The molecule has 2 aromatic rings. The van der Waals surface area contributed by atoms with Crippen molar-refractivity contribution in [3.63, 3.8) is 0 Å². The zero-order valence-electron chi connectivity index (χ0n) is 12.7. The van der Waals surface area contributed by atoms with Crippen molar-refractivity contribution in [2.45, 2.75) is 39.7 Å². The number of rotatable bonds is 4. The number of nitrogens with one attached hydrogen (secondary N) is 2. The lowest BCUT2D eigenvalue weighted by Gasteiger charge is -2.18. The van der Waals surface area contributed by atoms with Gasteiger partial charge in [-0.05, 0) is 19.1 Å². The molecule has 0 bridgehead atoms. The highest BCUT2D eigenvalue weighted by Crippen LogP contribution is 2.23. The van der Waals surface area contributed by atoms with Gasteiger partial charge in [0.15, 0.2) is 0 Å². The van der Waals surface area contributed by atoms with Crippen LogP contribution in [-0.2, 0) is 12.0 Å². The average Bonchev–Trinajstić information content (AvgIpc) is 2.81. The van der Waals surface area contributed by atoms with Crippen molar-refractivity contribution >= 4 is 23.0 Å². The van der Waals surface area contributed by atoms with Gasteiger partial charge >= 0.3 is 0 Å². The summed E-state index contributed by atoms with van der Waals surface area (Å²) in [5.41, 5.74) is -0.0667. The van der Waals surface area contributed by atoms with Gasteiger partial charge in [0.05, 0.1) is 6.54 Å². The standard InChI is InChI=1S/C15H22N4S/c1-10-6-7-11(20-10)9-17-13-8-12(16-5)18-14(19-13)15(2,3)4/h6-8H,9H2,1-5H3,(H2,16,17,18,19). The van der Waals surface area contributed by atoms with E-state index in [0.29, 0.717) is 0 Å². The van der Waals surface area contributed by atoms with E-state index in [1.54, 1.807) is 11.3 Å². The fraction of sp³-hybridized carbons (Fsp3) is 0.467. The number of hydrogen-bond donors (Lipinski definition) is 2. The van der Waals surface area contributed by atoms with E-state index in [1.165, 1.54) is 9.75 Å². The second-order valence-corrected chi connectivity index (χ2v) is 7.20. The van der Waals surface area contributed by atoms with Crippen LogP contribution in [0, 0.1) is 6.92 Å². The van der Waals surface area contributed by atoms with Crippen molar-refractivity contribution in [1.29, 1.82) is 0 Å². The van der Waals surface area contributed by atoms with E-state index in [-0.39, 0.29) is 5.41 Å². The second kappa shape index (κ2) is 5.79. The highest BCUT2D eigenvalue weighted by Gasteiger charge is 2.18. The fourth-order valence-electron chi connectivity index (χ4n) is 1.76. The molecule has 0 aromatic carbocycles. The fourth-order valence-corrected chi connectivity index (χ4v) is 2.59. The number of aryl methyl sites for hydroxylation is 1. The summed E-state index contributed by atoms with van der Waals surface area (Å²) in [4.78, 5) is 11.8. The van der Waals surface area contributed by atoms with Crippen molar-refractivity contribution < 1.29 is 0 Å². The maximum Gasteiger partial charge on any atom is 0.138 e. The minimum absolute atomic E-state index is 0.0667. The monoisotopic (exact) mass is 290 g/mol. The molecule has 4 nitrogen and oxygen atoms in total. The first-order valence-electron chi connectivity index (χ1n) is 6.75. The molecule has 0 aliphatic carbocycles. The van der Waals surface area contributed by atoms with Gasteiger partial charge in [-0.15, -0.1) is 11.3 Å². The van der Waals surface area contributed by atoms with Gasteiger partial charge in [-0.3, -0.25) is 0 Å². The Morgan fingerprint density at radius 2 is 1.85 bits per heavy atom. The van der Waals surface area contributed by atoms with Crippen molar-refractivity contribution in [2.75, 3.05) is 17.7 Å². The van der Waals surface area contributed by atoms with E-state index < -0.39 is 0 Å². The van der Waals surface area contributed by atoms with Crippen molar-refractivity contribution in [3.8, 4) is 0 Å². The normalized spacial score (nSPS) is 11.4. The van der Waals surface area contributed by atoms with Gasteiger partial charge in [0.25, 0.3) is 0 Å². The van der Waals surface area contributed by atoms with Crippen LogP contribution in [0.5, 0.6) is 0 Å². The lowest BCUT2D eigenvalue weighted by molar-refractivity contribution is 0.546. The molecule has 2 heterocycles.